The Morgan fingerprint density at radius 2 is 1.95 bits per heavy atom. The summed E-state index contributed by atoms with van der Waals surface area (Å²) in [6.45, 7) is 5.73. The van der Waals surface area contributed by atoms with Gasteiger partial charge in [0.1, 0.15) is 0 Å². The number of halogens is 3. The van der Waals surface area contributed by atoms with Gasteiger partial charge < -0.3 is 5.32 Å². The standard InChI is InChI=1S/C15H18Cl3N3/c1-3-7-19-14(11-8-10(16)5-6-12(11)17)15-13(18)9-20-21(15)4-2/h5-6,8-9,14,19H,3-4,7H2,1-2H3. The molecular formula is C15H18Cl3N3. The molecule has 0 spiro atoms. The third-order valence-corrected chi connectivity index (χ3v) is 4.14. The van der Waals surface area contributed by atoms with Crippen LogP contribution in [-0.2, 0) is 6.54 Å². The molecule has 6 heteroatoms. The molecule has 0 aliphatic carbocycles. The molecule has 1 N–H and O–H groups in total. The van der Waals surface area contributed by atoms with Gasteiger partial charge in [0.15, 0.2) is 0 Å². The number of rotatable bonds is 6. The Balaban J connectivity index is 2.52. The molecule has 0 amide bonds. The van der Waals surface area contributed by atoms with Gasteiger partial charge in [0.05, 0.1) is 23.0 Å². The molecule has 1 atom stereocenters. The molecule has 114 valence electrons. The molecular weight excluding hydrogens is 329 g/mol. The van der Waals surface area contributed by atoms with Gasteiger partial charge in [-0.3, -0.25) is 4.68 Å². The van der Waals surface area contributed by atoms with Gasteiger partial charge in [0, 0.05) is 16.6 Å². The van der Waals surface area contributed by atoms with Crippen LogP contribution in [0, 0.1) is 0 Å². The molecule has 0 fully saturated rings. The summed E-state index contributed by atoms with van der Waals surface area (Å²) in [5, 5.41) is 9.73. The first-order valence-corrected chi connectivity index (χ1v) is 8.11. The third kappa shape index (κ3) is 3.72. The van der Waals surface area contributed by atoms with Gasteiger partial charge in [-0.05, 0) is 43.7 Å². The molecule has 0 aliphatic heterocycles. The summed E-state index contributed by atoms with van der Waals surface area (Å²) in [6.07, 6.45) is 2.67. The summed E-state index contributed by atoms with van der Waals surface area (Å²) >= 11 is 18.8. The van der Waals surface area contributed by atoms with Crippen LogP contribution >= 0.6 is 34.8 Å². The first-order valence-electron chi connectivity index (χ1n) is 6.98. The van der Waals surface area contributed by atoms with Gasteiger partial charge in [-0.15, -0.1) is 0 Å². The van der Waals surface area contributed by atoms with Crippen LogP contribution < -0.4 is 5.32 Å². The van der Waals surface area contributed by atoms with E-state index in [1.165, 1.54) is 0 Å². The Hall–Kier alpha value is -0.740. The topological polar surface area (TPSA) is 29.9 Å². The summed E-state index contributed by atoms with van der Waals surface area (Å²) in [5.41, 5.74) is 1.83. The quantitative estimate of drug-likeness (QED) is 0.802. The Morgan fingerprint density at radius 1 is 1.19 bits per heavy atom. The molecule has 1 heterocycles. The van der Waals surface area contributed by atoms with E-state index in [0.717, 1.165) is 30.8 Å². The van der Waals surface area contributed by atoms with Crippen LogP contribution in [0.4, 0.5) is 0 Å². The highest BCUT2D eigenvalue weighted by Crippen LogP contribution is 2.34. The molecule has 0 saturated heterocycles. The van der Waals surface area contributed by atoms with E-state index in [4.69, 9.17) is 34.8 Å². The number of aryl methyl sites for hydroxylation is 1. The van der Waals surface area contributed by atoms with E-state index in [2.05, 4.69) is 17.3 Å². The van der Waals surface area contributed by atoms with Crippen LogP contribution in [0.2, 0.25) is 15.1 Å². The van der Waals surface area contributed by atoms with Gasteiger partial charge in [0.25, 0.3) is 0 Å². The fraction of sp³-hybridized carbons (Fsp3) is 0.400. The van der Waals surface area contributed by atoms with Crippen molar-refractivity contribution in [2.75, 3.05) is 6.54 Å². The number of benzene rings is 1. The number of hydrogen-bond donors (Lipinski definition) is 1. The van der Waals surface area contributed by atoms with E-state index < -0.39 is 0 Å². The summed E-state index contributed by atoms with van der Waals surface area (Å²) in [7, 11) is 0. The first-order chi connectivity index (χ1) is 10.1. The van der Waals surface area contributed by atoms with Crippen LogP contribution in [0.25, 0.3) is 0 Å². The molecule has 2 rings (SSSR count). The van der Waals surface area contributed by atoms with Crippen LogP contribution in [0.15, 0.2) is 24.4 Å². The predicted molar refractivity (Wildman–Crippen MR) is 89.5 cm³/mol. The average Bonchev–Trinajstić information content (AvgIpc) is 2.84. The lowest BCUT2D eigenvalue weighted by Crippen LogP contribution is -2.26. The molecule has 0 radical (unpaired) electrons. The van der Waals surface area contributed by atoms with E-state index in [-0.39, 0.29) is 6.04 Å². The van der Waals surface area contributed by atoms with Gasteiger partial charge >= 0.3 is 0 Å². The van der Waals surface area contributed by atoms with E-state index >= 15 is 0 Å². The normalized spacial score (nSPS) is 12.6. The number of nitrogens with zero attached hydrogens (tertiary/aromatic N) is 2. The second-order valence-corrected chi connectivity index (χ2v) is 6.00. The van der Waals surface area contributed by atoms with E-state index in [1.54, 1.807) is 18.3 Å². The summed E-state index contributed by atoms with van der Waals surface area (Å²) in [5.74, 6) is 0. The molecule has 3 nitrogen and oxygen atoms in total. The zero-order valence-corrected chi connectivity index (χ0v) is 14.3. The smallest absolute Gasteiger partial charge is 0.0837 e. The van der Waals surface area contributed by atoms with E-state index in [1.807, 2.05) is 17.7 Å². The number of hydrogen-bond acceptors (Lipinski definition) is 2. The highest BCUT2D eigenvalue weighted by atomic mass is 35.5. The lowest BCUT2D eigenvalue weighted by Gasteiger charge is -2.22. The van der Waals surface area contributed by atoms with Crippen molar-refractivity contribution in [1.29, 1.82) is 0 Å². The zero-order valence-electron chi connectivity index (χ0n) is 12.0. The van der Waals surface area contributed by atoms with Crippen molar-refractivity contribution in [2.45, 2.75) is 32.9 Å². The molecule has 2 aromatic rings. The molecule has 0 bridgehead atoms. The maximum atomic E-state index is 6.36. The lowest BCUT2D eigenvalue weighted by molar-refractivity contribution is 0.530. The Kier molecular flexibility index (Phi) is 5.94. The second-order valence-electron chi connectivity index (χ2n) is 4.75. The third-order valence-electron chi connectivity index (χ3n) is 3.27. The molecule has 21 heavy (non-hydrogen) atoms. The van der Waals surface area contributed by atoms with Crippen LogP contribution in [-0.4, -0.2) is 16.3 Å². The molecule has 0 aliphatic rings. The number of nitrogens with one attached hydrogen (secondary N) is 1. The minimum atomic E-state index is -0.133. The minimum absolute atomic E-state index is 0.133. The first kappa shape index (κ1) is 16.6. The Labute approximate surface area is 140 Å². The van der Waals surface area contributed by atoms with Gasteiger partial charge in [-0.25, -0.2) is 0 Å². The van der Waals surface area contributed by atoms with Crippen LogP contribution in [0.3, 0.4) is 0 Å². The van der Waals surface area contributed by atoms with Crippen molar-refractivity contribution in [3.8, 4) is 0 Å². The Bertz CT molecular complexity index is 610. The highest BCUT2D eigenvalue weighted by molar-refractivity contribution is 6.34. The maximum absolute atomic E-state index is 6.36. The molecule has 1 aromatic heterocycles. The average molecular weight is 347 g/mol. The van der Waals surface area contributed by atoms with E-state index in [9.17, 15) is 0 Å². The van der Waals surface area contributed by atoms with Crippen LogP contribution in [0.1, 0.15) is 37.6 Å². The minimum Gasteiger partial charge on any atom is -0.305 e. The van der Waals surface area contributed by atoms with Crippen molar-refractivity contribution in [3.63, 3.8) is 0 Å². The predicted octanol–water partition coefficient (Wildman–Crippen LogP) is 4.95. The van der Waals surface area contributed by atoms with E-state index in [0.29, 0.717) is 15.1 Å². The number of aromatic nitrogens is 2. The van der Waals surface area contributed by atoms with Crippen molar-refractivity contribution in [2.24, 2.45) is 0 Å². The largest absolute Gasteiger partial charge is 0.305 e. The second kappa shape index (κ2) is 7.50. The van der Waals surface area contributed by atoms with Crippen molar-refractivity contribution >= 4 is 34.8 Å². The van der Waals surface area contributed by atoms with Crippen LogP contribution in [0.5, 0.6) is 0 Å². The summed E-state index contributed by atoms with van der Waals surface area (Å²) in [4.78, 5) is 0. The molecule has 1 unspecified atom stereocenters. The van der Waals surface area contributed by atoms with Gasteiger partial charge in [0.2, 0.25) is 0 Å². The van der Waals surface area contributed by atoms with Crippen molar-refractivity contribution in [1.82, 2.24) is 15.1 Å². The fourth-order valence-corrected chi connectivity index (χ4v) is 2.95. The zero-order chi connectivity index (χ0) is 15.4. The SMILES string of the molecule is CCCNC(c1cc(Cl)ccc1Cl)c1c(Cl)cnn1CC. The molecule has 1 aromatic carbocycles. The lowest BCUT2D eigenvalue weighted by atomic mass is 10.0. The molecule has 0 saturated carbocycles. The summed E-state index contributed by atoms with van der Waals surface area (Å²) in [6, 6.07) is 5.33. The Morgan fingerprint density at radius 3 is 2.62 bits per heavy atom. The highest BCUT2D eigenvalue weighted by Gasteiger charge is 2.23. The van der Waals surface area contributed by atoms with Gasteiger partial charge in [-0.2, -0.15) is 5.10 Å². The summed E-state index contributed by atoms with van der Waals surface area (Å²) < 4.78 is 1.88. The van der Waals surface area contributed by atoms with Crippen molar-refractivity contribution in [3.05, 3.63) is 50.7 Å². The fourth-order valence-electron chi connectivity index (χ4n) is 2.29. The maximum Gasteiger partial charge on any atom is 0.0837 e. The monoisotopic (exact) mass is 345 g/mol. The van der Waals surface area contributed by atoms with Gasteiger partial charge in [-0.1, -0.05) is 41.7 Å². The van der Waals surface area contributed by atoms with Crippen molar-refractivity contribution < 1.29 is 0 Å².